The summed E-state index contributed by atoms with van der Waals surface area (Å²) in [5.74, 6) is -0.0219. The molecule has 0 N–H and O–H groups in total. The molecule has 0 aromatic heterocycles. The highest BCUT2D eigenvalue weighted by Gasteiger charge is 2.38. The molecule has 0 unspecified atom stereocenters. The molecule has 1 fully saturated rings. The fraction of sp³-hybridized carbons (Fsp3) is 0.933. The largest absolute Gasteiger partial charge is 0.466 e. The molecule has 0 aliphatic carbocycles. The van der Waals surface area contributed by atoms with E-state index in [-0.39, 0.29) is 11.5 Å². The summed E-state index contributed by atoms with van der Waals surface area (Å²) in [7, 11) is 0. The molecule has 3 nitrogen and oxygen atoms in total. The van der Waals surface area contributed by atoms with Gasteiger partial charge in [0, 0.05) is 5.54 Å². The first-order valence-corrected chi connectivity index (χ1v) is 7.59. The van der Waals surface area contributed by atoms with Crippen molar-refractivity contribution < 1.29 is 9.53 Å². The molecule has 1 saturated heterocycles. The maximum Gasteiger partial charge on any atom is 0.307 e. The van der Waals surface area contributed by atoms with E-state index in [0.29, 0.717) is 13.0 Å². The molecule has 3 heteroatoms. The lowest BCUT2D eigenvalue weighted by atomic mass is 9.83. The van der Waals surface area contributed by atoms with E-state index in [1.165, 1.54) is 12.8 Å². The van der Waals surface area contributed by atoms with Gasteiger partial charge in [-0.2, -0.15) is 0 Å². The van der Waals surface area contributed by atoms with E-state index in [1.807, 2.05) is 6.92 Å². The van der Waals surface area contributed by atoms with Crippen LogP contribution in [0.2, 0.25) is 0 Å². The van der Waals surface area contributed by atoms with Gasteiger partial charge in [0.05, 0.1) is 13.0 Å². The smallest absolute Gasteiger partial charge is 0.307 e. The molecule has 1 aliphatic rings. The molecule has 0 amide bonds. The lowest BCUT2D eigenvalue weighted by Gasteiger charge is -2.41. The van der Waals surface area contributed by atoms with Gasteiger partial charge < -0.3 is 4.74 Å². The molecule has 1 heterocycles. The number of rotatable bonds is 8. The van der Waals surface area contributed by atoms with Crippen LogP contribution in [-0.4, -0.2) is 36.1 Å². The van der Waals surface area contributed by atoms with E-state index in [9.17, 15) is 4.79 Å². The molecule has 106 valence electrons. The second-order valence-corrected chi connectivity index (χ2v) is 5.40. The van der Waals surface area contributed by atoms with Crippen molar-refractivity contribution in [3.63, 3.8) is 0 Å². The molecular formula is C15H29NO2. The van der Waals surface area contributed by atoms with Crippen LogP contribution in [0.15, 0.2) is 0 Å². The highest BCUT2D eigenvalue weighted by molar-refractivity contribution is 5.71. The van der Waals surface area contributed by atoms with Gasteiger partial charge in [0.1, 0.15) is 0 Å². The van der Waals surface area contributed by atoms with E-state index in [4.69, 9.17) is 4.74 Å². The molecule has 0 spiro atoms. The maximum absolute atomic E-state index is 11.9. The van der Waals surface area contributed by atoms with Gasteiger partial charge in [-0.05, 0) is 45.7 Å². The van der Waals surface area contributed by atoms with Crippen molar-refractivity contribution in [2.24, 2.45) is 0 Å². The molecule has 0 aromatic rings. The second kappa shape index (κ2) is 7.78. The van der Waals surface area contributed by atoms with E-state index >= 15 is 0 Å². The Morgan fingerprint density at radius 1 is 1.11 bits per heavy atom. The Labute approximate surface area is 112 Å². The van der Waals surface area contributed by atoms with Gasteiger partial charge in [-0.3, -0.25) is 9.69 Å². The standard InChI is InChI=1S/C15H29NO2/c1-4-9-15(10-5-2,13-14(17)18-6-3)16-11-7-8-12-16/h4-13H2,1-3H3. The summed E-state index contributed by atoms with van der Waals surface area (Å²) in [6, 6.07) is 0. The summed E-state index contributed by atoms with van der Waals surface area (Å²) in [6.07, 6.45) is 7.61. The van der Waals surface area contributed by atoms with Crippen molar-refractivity contribution in [1.29, 1.82) is 0 Å². The molecule has 0 aromatic carbocycles. The number of carbonyl (C=O) groups is 1. The third kappa shape index (κ3) is 3.98. The Hall–Kier alpha value is -0.570. The lowest BCUT2D eigenvalue weighted by molar-refractivity contribution is -0.147. The molecule has 18 heavy (non-hydrogen) atoms. The first-order valence-electron chi connectivity index (χ1n) is 7.59. The van der Waals surface area contributed by atoms with Crippen LogP contribution in [-0.2, 0) is 9.53 Å². The zero-order valence-corrected chi connectivity index (χ0v) is 12.3. The fourth-order valence-corrected chi connectivity index (χ4v) is 3.33. The zero-order chi connectivity index (χ0) is 13.4. The molecule has 0 bridgehead atoms. The summed E-state index contributed by atoms with van der Waals surface area (Å²) in [4.78, 5) is 14.5. The molecule has 1 aliphatic heterocycles. The van der Waals surface area contributed by atoms with Crippen molar-refractivity contribution in [2.75, 3.05) is 19.7 Å². The number of ether oxygens (including phenoxy) is 1. The number of hydrogen-bond acceptors (Lipinski definition) is 3. The highest BCUT2D eigenvalue weighted by atomic mass is 16.5. The van der Waals surface area contributed by atoms with E-state index in [0.717, 1.165) is 38.8 Å². The average molecular weight is 255 g/mol. The molecule has 0 atom stereocenters. The number of nitrogens with zero attached hydrogens (tertiary/aromatic N) is 1. The van der Waals surface area contributed by atoms with Crippen molar-refractivity contribution in [1.82, 2.24) is 4.90 Å². The number of hydrogen-bond donors (Lipinski definition) is 0. The van der Waals surface area contributed by atoms with E-state index in [1.54, 1.807) is 0 Å². The highest BCUT2D eigenvalue weighted by Crippen LogP contribution is 2.34. The molecular weight excluding hydrogens is 226 g/mol. The quantitative estimate of drug-likeness (QED) is 0.623. The first-order chi connectivity index (χ1) is 8.68. The van der Waals surface area contributed by atoms with Crippen LogP contribution in [0.25, 0.3) is 0 Å². The van der Waals surface area contributed by atoms with Crippen LogP contribution in [0.4, 0.5) is 0 Å². The van der Waals surface area contributed by atoms with Crippen LogP contribution in [0, 0.1) is 0 Å². The number of carbonyl (C=O) groups excluding carboxylic acids is 1. The Kier molecular flexibility index (Phi) is 6.69. The van der Waals surface area contributed by atoms with Gasteiger partial charge in [-0.25, -0.2) is 0 Å². The Bertz CT molecular complexity index is 241. The molecule has 1 rings (SSSR count). The van der Waals surface area contributed by atoms with Crippen molar-refractivity contribution in [3.8, 4) is 0 Å². The van der Waals surface area contributed by atoms with Crippen LogP contribution in [0.5, 0.6) is 0 Å². The van der Waals surface area contributed by atoms with Gasteiger partial charge in [0.25, 0.3) is 0 Å². The van der Waals surface area contributed by atoms with Crippen LogP contribution in [0.3, 0.4) is 0 Å². The third-order valence-electron chi connectivity index (χ3n) is 3.99. The monoisotopic (exact) mass is 255 g/mol. The zero-order valence-electron chi connectivity index (χ0n) is 12.3. The van der Waals surface area contributed by atoms with Crippen LogP contribution < -0.4 is 0 Å². The summed E-state index contributed by atoms with van der Waals surface area (Å²) in [5, 5.41) is 0. The minimum atomic E-state index is -0.0219. The van der Waals surface area contributed by atoms with Gasteiger partial charge in [0.15, 0.2) is 0 Å². The van der Waals surface area contributed by atoms with Crippen molar-refractivity contribution in [3.05, 3.63) is 0 Å². The average Bonchev–Trinajstić information content (AvgIpc) is 2.83. The first kappa shape index (κ1) is 15.5. The lowest BCUT2D eigenvalue weighted by Crippen LogP contribution is -2.49. The maximum atomic E-state index is 11.9. The fourth-order valence-electron chi connectivity index (χ4n) is 3.33. The Balaban J connectivity index is 2.77. The van der Waals surface area contributed by atoms with Crippen LogP contribution in [0.1, 0.15) is 65.7 Å². The van der Waals surface area contributed by atoms with Crippen molar-refractivity contribution in [2.45, 2.75) is 71.3 Å². The predicted octanol–water partition coefficient (Wildman–Crippen LogP) is 3.37. The normalized spacial score (nSPS) is 17.1. The summed E-state index contributed by atoms with van der Waals surface area (Å²) < 4.78 is 5.18. The van der Waals surface area contributed by atoms with E-state index < -0.39 is 0 Å². The third-order valence-corrected chi connectivity index (χ3v) is 3.99. The molecule has 0 saturated carbocycles. The van der Waals surface area contributed by atoms with Gasteiger partial charge in [-0.15, -0.1) is 0 Å². The Morgan fingerprint density at radius 3 is 2.11 bits per heavy atom. The Morgan fingerprint density at radius 2 is 1.67 bits per heavy atom. The van der Waals surface area contributed by atoms with Gasteiger partial charge in [-0.1, -0.05) is 26.7 Å². The predicted molar refractivity (Wildman–Crippen MR) is 74.6 cm³/mol. The van der Waals surface area contributed by atoms with Gasteiger partial charge >= 0.3 is 5.97 Å². The minimum absolute atomic E-state index is 0.0219. The summed E-state index contributed by atoms with van der Waals surface area (Å²) in [5.41, 5.74) is 0.0618. The summed E-state index contributed by atoms with van der Waals surface area (Å²) >= 11 is 0. The van der Waals surface area contributed by atoms with E-state index in [2.05, 4.69) is 18.7 Å². The van der Waals surface area contributed by atoms with Crippen LogP contribution >= 0.6 is 0 Å². The SMILES string of the molecule is CCCC(CCC)(CC(=O)OCC)N1CCCC1. The topological polar surface area (TPSA) is 29.5 Å². The molecule has 0 radical (unpaired) electrons. The summed E-state index contributed by atoms with van der Waals surface area (Å²) in [6.45, 7) is 9.11. The minimum Gasteiger partial charge on any atom is -0.466 e. The second-order valence-electron chi connectivity index (χ2n) is 5.40. The van der Waals surface area contributed by atoms with Crippen molar-refractivity contribution >= 4 is 5.97 Å². The van der Waals surface area contributed by atoms with Gasteiger partial charge in [0.2, 0.25) is 0 Å². The number of likely N-dealkylation sites (tertiary alicyclic amines) is 1. The number of esters is 1.